The SMILES string of the molecule is COc1cccc(C2CC(c3ccco3)=NN2C(C)=O)c1O. The molecule has 1 aromatic carbocycles. The highest BCUT2D eigenvalue weighted by atomic mass is 16.5. The van der Waals surface area contributed by atoms with Crippen LogP contribution in [0, 0.1) is 0 Å². The third-order valence-electron chi connectivity index (χ3n) is 3.65. The lowest BCUT2D eigenvalue weighted by Crippen LogP contribution is -2.24. The number of ether oxygens (including phenoxy) is 1. The molecule has 1 N–H and O–H groups in total. The minimum atomic E-state index is -0.382. The molecule has 3 rings (SSSR count). The van der Waals surface area contributed by atoms with E-state index in [0.29, 0.717) is 29.2 Å². The Labute approximate surface area is 127 Å². The molecule has 6 nitrogen and oxygen atoms in total. The van der Waals surface area contributed by atoms with Crippen molar-refractivity contribution in [1.82, 2.24) is 5.01 Å². The van der Waals surface area contributed by atoms with Gasteiger partial charge in [0, 0.05) is 18.9 Å². The van der Waals surface area contributed by atoms with Crippen molar-refractivity contribution in [1.29, 1.82) is 0 Å². The maximum absolute atomic E-state index is 11.9. The number of hydrogen-bond donors (Lipinski definition) is 1. The Hall–Kier alpha value is -2.76. The van der Waals surface area contributed by atoms with Crippen LogP contribution in [0.3, 0.4) is 0 Å². The zero-order valence-corrected chi connectivity index (χ0v) is 12.3. The third-order valence-corrected chi connectivity index (χ3v) is 3.65. The molecule has 1 aliphatic heterocycles. The Balaban J connectivity index is 1.99. The zero-order valence-electron chi connectivity index (χ0n) is 12.3. The summed E-state index contributed by atoms with van der Waals surface area (Å²) in [5.41, 5.74) is 1.27. The molecule has 1 aromatic heterocycles. The maximum atomic E-state index is 11.9. The van der Waals surface area contributed by atoms with E-state index in [-0.39, 0.29) is 17.7 Å². The number of benzene rings is 1. The van der Waals surface area contributed by atoms with Gasteiger partial charge in [0.25, 0.3) is 0 Å². The van der Waals surface area contributed by atoms with Crippen molar-refractivity contribution in [3.8, 4) is 11.5 Å². The molecule has 0 saturated heterocycles. The molecule has 0 aliphatic carbocycles. The fraction of sp³-hybridized carbons (Fsp3) is 0.250. The first-order valence-corrected chi connectivity index (χ1v) is 6.89. The van der Waals surface area contributed by atoms with Gasteiger partial charge >= 0.3 is 0 Å². The normalized spacial score (nSPS) is 17.5. The lowest BCUT2D eigenvalue weighted by atomic mass is 9.99. The molecule has 6 heteroatoms. The summed E-state index contributed by atoms with van der Waals surface area (Å²) in [5, 5.41) is 16.0. The van der Waals surface area contributed by atoms with Crippen LogP contribution < -0.4 is 4.74 Å². The van der Waals surface area contributed by atoms with Gasteiger partial charge in [-0.05, 0) is 18.2 Å². The fourth-order valence-corrected chi connectivity index (χ4v) is 2.61. The van der Waals surface area contributed by atoms with Crippen molar-refractivity contribution < 1.29 is 19.1 Å². The van der Waals surface area contributed by atoms with Gasteiger partial charge < -0.3 is 14.3 Å². The fourth-order valence-electron chi connectivity index (χ4n) is 2.61. The molecule has 1 unspecified atom stereocenters. The Bertz CT molecular complexity index is 722. The van der Waals surface area contributed by atoms with Gasteiger partial charge in [0.1, 0.15) is 11.5 Å². The summed E-state index contributed by atoms with van der Waals surface area (Å²) < 4.78 is 10.5. The number of rotatable bonds is 3. The third kappa shape index (κ3) is 2.32. The second-order valence-electron chi connectivity index (χ2n) is 5.01. The van der Waals surface area contributed by atoms with E-state index >= 15 is 0 Å². The number of hydrazone groups is 1. The number of amides is 1. The van der Waals surface area contributed by atoms with E-state index in [9.17, 15) is 9.90 Å². The zero-order chi connectivity index (χ0) is 15.7. The highest BCUT2D eigenvalue weighted by Crippen LogP contribution is 2.40. The number of para-hydroxylation sites is 1. The number of furan rings is 1. The molecular formula is C16H16N2O4. The lowest BCUT2D eigenvalue weighted by Gasteiger charge is -2.22. The number of carbonyl (C=O) groups excluding carboxylic acids is 1. The number of phenolic OH excluding ortho intramolecular Hbond substituents is 1. The van der Waals surface area contributed by atoms with Crippen LogP contribution in [0.2, 0.25) is 0 Å². The average Bonchev–Trinajstić information content (AvgIpc) is 3.16. The van der Waals surface area contributed by atoms with Gasteiger partial charge in [-0.1, -0.05) is 12.1 Å². The molecule has 0 fully saturated rings. The molecule has 22 heavy (non-hydrogen) atoms. The largest absolute Gasteiger partial charge is 0.504 e. The second kappa shape index (κ2) is 5.55. The summed E-state index contributed by atoms with van der Waals surface area (Å²) in [6, 6.07) is 8.39. The molecular weight excluding hydrogens is 284 g/mol. The van der Waals surface area contributed by atoms with E-state index in [1.165, 1.54) is 19.0 Å². The van der Waals surface area contributed by atoms with E-state index in [1.54, 1.807) is 36.6 Å². The van der Waals surface area contributed by atoms with E-state index in [2.05, 4.69) is 5.10 Å². The Morgan fingerprint density at radius 1 is 1.41 bits per heavy atom. The highest BCUT2D eigenvalue weighted by molar-refractivity contribution is 6.01. The first-order valence-electron chi connectivity index (χ1n) is 6.89. The standard InChI is InChI=1S/C16H16N2O4/c1-10(19)18-13(9-12(17-18)14-7-4-8-22-14)11-5-3-6-15(21-2)16(11)20/h3-8,13,20H,9H2,1-2H3. The molecule has 0 bridgehead atoms. The lowest BCUT2D eigenvalue weighted by molar-refractivity contribution is -0.130. The number of aromatic hydroxyl groups is 1. The number of methoxy groups -OCH3 is 1. The Kier molecular flexibility index (Phi) is 3.58. The minimum absolute atomic E-state index is 0.0251. The van der Waals surface area contributed by atoms with Crippen molar-refractivity contribution in [3.63, 3.8) is 0 Å². The number of phenols is 1. The predicted molar refractivity (Wildman–Crippen MR) is 79.8 cm³/mol. The summed E-state index contributed by atoms with van der Waals surface area (Å²) in [5.74, 6) is 0.814. The first kappa shape index (κ1) is 14.2. The van der Waals surface area contributed by atoms with Gasteiger partial charge in [-0.2, -0.15) is 5.10 Å². The first-order chi connectivity index (χ1) is 10.6. The molecule has 2 heterocycles. The quantitative estimate of drug-likeness (QED) is 0.945. The average molecular weight is 300 g/mol. The second-order valence-corrected chi connectivity index (χ2v) is 5.01. The van der Waals surface area contributed by atoms with Crippen LogP contribution in [0.4, 0.5) is 0 Å². The predicted octanol–water partition coefficient (Wildman–Crippen LogP) is 2.69. The van der Waals surface area contributed by atoms with E-state index in [0.717, 1.165) is 0 Å². The molecule has 2 aromatic rings. The van der Waals surface area contributed by atoms with Gasteiger partial charge in [-0.15, -0.1) is 0 Å². The number of nitrogens with zero attached hydrogens (tertiary/aromatic N) is 2. The number of hydrogen-bond acceptors (Lipinski definition) is 5. The van der Waals surface area contributed by atoms with Gasteiger partial charge in [-0.3, -0.25) is 4.79 Å². The van der Waals surface area contributed by atoms with E-state index < -0.39 is 0 Å². The van der Waals surface area contributed by atoms with Gasteiger partial charge in [0.2, 0.25) is 5.91 Å². The monoisotopic (exact) mass is 300 g/mol. The summed E-state index contributed by atoms with van der Waals surface area (Å²) >= 11 is 0. The van der Waals surface area contributed by atoms with Gasteiger partial charge in [0.15, 0.2) is 11.5 Å². The van der Waals surface area contributed by atoms with Crippen molar-refractivity contribution in [2.75, 3.05) is 7.11 Å². The Morgan fingerprint density at radius 3 is 2.86 bits per heavy atom. The van der Waals surface area contributed by atoms with Crippen molar-refractivity contribution in [2.24, 2.45) is 5.10 Å². The maximum Gasteiger partial charge on any atom is 0.240 e. The van der Waals surface area contributed by atoms with Crippen LogP contribution in [0.5, 0.6) is 11.5 Å². The van der Waals surface area contributed by atoms with Crippen molar-refractivity contribution >= 4 is 11.6 Å². The summed E-state index contributed by atoms with van der Waals surface area (Å²) in [7, 11) is 1.49. The topological polar surface area (TPSA) is 75.3 Å². The van der Waals surface area contributed by atoms with E-state index in [1.807, 2.05) is 0 Å². The van der Waals surface area contributed by atoms with Gasteiger partial charge in [0.05, 0.1) is 19.4 Å². The van der Waals surface area contributed by atoms with Crippen molar-refractivity contribution in [2.45, 2.75) is 19.4 Å². The number of carbonyl (C=O) groups is 1. The van der Waals surface area contributed by atoms with Crippen LogP contribution in [0.1, 0.15) is 30.7 Å². The van der Waals surface area contributed by atoms with Crippen LogP contribution >= 0.6 is 0 Å². The molecule has 0 radical (unpaired) electrons. The van der Waals surface area contributed by atoms with Crippen LogP contribution in [-0.4, -0.2) is 28.8 Å². The molecule has 1 aliphatic rings. The van der Waals surface area contributed by atoms with Crippen molar-refractivity contribution in [3.05, 3.63) is 47.9 Å². The summed E-state index contributed by atoms with van der Waals surface area (Å²) in [4.78, 5) is 11.9. The van der Waals surface area contributed by atoms with Crippen LogP contribution in [0.25, 0.3) is 0 Å². The summed E-state index contributed by atoms with van der Waals surface area (Å²) in [6.45, 7) is 1.44. The molecule has 0 spiro atoms. The molecule has 1 atom stereocenters. The summed E-state index contributed by atoms with van der Waals surface area (Å²) in [6.07, 6.45) is 2.03. The minimum Gasteiger partial charge on any atom is -0.504 e. The van der Waals surface area contributed by atoms with Gasteiger partial charge in [-0.25, -0.2) is 5.01 Å². The molecule has 114 valence electrons. The Morgan fingerprint density at radius 2 is 2.23 bits per heavy atom. The highest BCUT2D eigenvalue weighted by Gasteiger charge is 2.34. The molecule has 1 amide bonds. The van der Waals surface area contributed by atoms with Crippen LogP contribution in [0.15, 0.2) is 46.1 Å². The van der Waals surface area contributed by atoms with Crippen LogP contribution in [-0.2, 0) is 4.79 Å². The smallest absolute Gasteiger partial charge is 0.240 e. The van der Waals surface area contributed by atoms with E-state index in [4.69, 9.17) is 9.15 Å². The molecule has 0 saturated carbocycles.